The van der Waals surface area contributed by atoms with Crippen LogP contribution in [-0.4, -0.2) is 16.7 Å². The third-order valence-electron chi connectivity index (χ3n) is 2.07. The molecular weight excluding hydrogens is 202 g/mol. The number of azide groups is 1. The molecule has 5 nitrogen and oxygen atoms in total. The van der Waals surface area contributed by atoms with Gasteiger partial charge in [-0.05, 0) is 23.6 Å². The quantitative estimate of drug-likeness (QED) is 0.268. The largest absolute Gasteiger partial charge is 0.269 e. The van der Waals surface area contributed by atoms with Crippen LogP contribution in [0.25, 0.3) is 21.3 Å². The molecule has 0 spiro atoms. The zero-order chi connectivity index (χ0) is 11.2. The summed E-state index contributed by atoms with van der Waals surface area (Å²) in [5.41, 5.74) is 9.79. The lowest BCUT2D eigenvalue weighted by molar-refractivity contribution is 1.01. The minimum absolute atomic E-state index is 0.398. The Kier molecular flexibility index (Phi) is 3.07. The van der Waals surface area contributed by atoms with E-state index in [9.17, 15) is 0 Å². The maximum Gasteiger partial charge on any atom is 0.115 e. The summed E-state index contributed by atoms with van der Waals surface area (Å²) in [6, 6.07) is 7.78. The molecule has 2 aromatic rings. The number of H-pyrrole nitrogens is 1. The second-order valence-electron chi connectivity index (χ2n) is 3.12. The van der Waals surface area contributed by atoms with Crippen molar-refractivity contribution >= 4 is 10.9 Å². The SMILES string of the molecule is [N-]=[N+]=NCCC#Cc1[nH]nc2ccccc12. The monoisotopic (exact) mass is 211 g/mol. The second kappa shape index (κ2) is 4.87. The van der Waals surface area contributed by atoms with Gasteiger partial charge >= 0.3 is 0 Å². The molecule has 0 bridgehead atoms. The Morgan fingerprint density at radius 2 is 2.31 bits per heavy atom. The van der Waals surface area contributed by atoms with Crippen LogP contribution in [0.3, 0.4) is 0 Å². The number of aromatic amines is 1. The van der Waals surface area contributed by atoms with E-state index in [1.807, 2.05) is 24.3 Å². The van der Waals surface area contributed by atoms with Gasteiger partial charge in [-0.3, -0.25) is 5.10 Å². The molecule has 78 valence electrons. The van der Waals surface area contributed by atoms with E-state index >= 15 is 0 Å². The molecular formula is C11H9N5. The number of rotatable bonds is 2. The highest BCUT2D eigenvalue weighted by Gasteiger charge is 1.99. The molecule has 1 aromatic heterocycles. The van der Waals surface area contributed by atoms with Crippen LogP contribution >= 0.6 is 0 Å². The molecule has 1 aromatic carbocycles. The smallest absolute Gasteiger partial charge is 0.115 e. The summed E-state index contributed by atoms with van der Waals surface area (Å²) in [7, 11) is 0. The second-order valence-corrected chi connectivity index (χ2v) is 3.12. The summed E-state index contributed by atoms with van der Waals surface area (Å²) in [5.74, 6) is 5.90. The van der Waals surface area contributed by atoms with Crippen LogP contribution in [0.4, 0.5) is 0 Å². The van der Waals surface area contributed by atoms with Crippen molar-refractivity contribution in [1.29, 1.82) is 0 Å². The van der Waals surface area contributed by atoms with Gasteiger partial charge in [0, 0.05) is 23.3 Å². The van der Waals surface area contributed by atoms with Crippen molar-refractivity contribution in [2.45, 2.75) is 6.42 Å². The number of hydrogen-bond donors (Lipinski definition) is 1. The van der Waals surface area contributed by atoms with Crippen molar-refractivity contribution in [1.82, 2.24) is 10.2 Å². The Morgan fingerprint density at radius 3 is 3.19 bits per heavy atom. The third kappa shape index (κ3) is 2.14. The van der Waals surface area contributed by atoms with Crippen molar-refractivity contribution in [3.05, 3.63) is 40.4 Å². The van der Waals surface area contributed by atoms with Gasteiger partial charge in [0.1, 0.15) is 5.69 Å². The fourth-order valence-corrected chi connectivity index (χ4v) is 1.36. The molecule has 0 saturated carbocycles. The number of nitrogens with zero attached hydrogens (tertiary/aromatic N) is 4. The lowest BCUT2D eigenvalue weighted by Crippen LogP contribution is -1.77. The van der Waals surface area contributed by atoms with E-state index in [4.69, 9.17) is 5.53 Å². The Balaban J connectivity index is 2.18. The predicted molar refractivity (Wildman–Crippen MR) is 61.6 cm³/mol. The Labute approximate surface area is 92.1 Å². The average Bonchev–Trinajstić information content (AvgIpc) is 2.73. The molecule has 1 N–H and O–H groups in total. The maximum atomic E-state index is 8.08. The molecule has 16 heavy (non-hydrogen) atoms. The van der Waals surface area contributed by atoms with E-state index in [1.165, 1.54) is 0 Å². The molecule has 0 aliphatic rings. The van der Waals surface area contributed by atoms with E-state index in [2.05, 4.69) is 32.1 Å². The fraction of sp³-hybridized carbons (Fsp3) is 0.182. The molecule has 0 aliphatic heterocycles. The van der Waals surface area contributed by atoms with E-state index in [-0.39, 0.29) is 0 Å². The van der Waals surface area contributed by atoms with Gasteiger partial charge < -0.3 is 0 Å². The fourth-order valence-electron chi connectivity index (χ4n) is 1.36. The summed E-state index contributed by atoms with van der Waals surface area (Å²) < 4.78 is 0. The first-order chi connectivity index (χ1) is 7.92. The van der Waals surface area contributed by atoms with Crippen LogP contribution in [0.5, 0.6) is 0 Å². The van der Waals surface area contributed by atoms with Crippen molar-refractivity contribution in [3.8, 4) is 11.8 Å². The number of aromatic nitrogens is 2. The minimum Gasteiger partial charge on any atom is -0.269 e. The molecule has 2 rings (SSSR count). The topological polar surface area (TPSA) is 77.4 Å². The summed E-state index contributed by atoms with van der Waals surface area (Å²) in [5, 5.41) is 11.4. The molecule has 1 heterocycles. The molecule has 0 radical (unpaired) electrons. The van der Waals surface area contributed by atoms with Gasteiger partial charge in [-0.1, -0.05) is 23.2 Å². The maximum absolute atomic E-state index is 8.08. The van der Waals surface area contributed by atoms with Gasteiger partial charge in [0.05, 0.1) is 5.52 Å². The molecule has 0 saturated heterocycles. The number of benzene rings is 1. The molecule has 0 amide bonds. The van der Waals surface area contributed by atoms with Crippen molar-refractivity contribution < 1.29 is 0 Å². The zero-order valence-electron chi connectivity index (χ0n) is 8.51. The van der Waals surface area contributed by atoms with E-state index in [0.717, 1.165) is 16.6 Å². The Hall–Kier alpha value is -2.44. The zero-order valence-corrected chi connectivity index (χ0v) is 8.51. The summed E-state index contributed by atoms with van der Waals surface area (Å²) >= 11 is 0. The van der Waals surface area contributed by atoms with Crippen LogP contribution < -0.4 is 0 Å². The van der Waals surface area contributed by atoms with E-state index < -0.39 is 0 Å². The van der Waals surface area contributed by atoms with Crippen LogP contribution in [0.15, 0.2) is 29.4 Å². The van der Waals surface area contributed by atoms with Crippen LogP contribution in [0, 0.1) is 11.8 Å². The highest BCUT2D eigenvalue weighted by molar-refractivity contribution is 5.83. The van der Waals surface area contributed by atoms with Crippen LogP contribution in [0.2, 0.25) is 0 Å². The predicted octanol–water partition coefficient (Wildman–Crippen LogP) is 2.61. The summed E-state index contributed by atoms with van der Waals surface area (Å²) in [6.45, 7) is 0.398. The molecule has 0 fully saturated rings. The number of hydrogen-bond acceptors (Lipinski definition) is 2. The van der Waals surface area contributed by atoms with Crippen molar-refractivity contribution in [2.75, 3.05) is 6.54 Å². The first-order valence-corrected chi connectivity index (χ1v) is 4.84. The molecule has 5 heteroatoms. The van der Waals surface area contributed by atoms with E-state index in [1.54, 1.807) is 0 Å². The van der Waals surface area contributed by atoms with Gasteiger partial charge in [0.15, 0.2) is 0 Å². The normalized spacial score (nSPS) is 9.25. The average molecular weight is 211 g/mol. The minimum atomic E-state index is 0.398. The third-order valence-corrected chi connectivity index (χ3v) is 2.07. The summed E-state index contributed by atoms with van der Waals surface area (Å²) in [6.07, 6.45) is 0.553. The van der Waals surface area contributed by atoms with Crippen LogP contribution in [-0.2, 0) is 0 Å². The van der Waals surface area contributed by atoms with Crippen molar-refractivity contribution in [3.63, 3.8) is 0 Å². The number of nitrogens with one attached hydrogen (secondary N) is 1. The lowest BCUT2D eigenvalue weighted by Gasteiger charge is -1.85. The molecule has 0 aliphatic carbocycles. The molecule has 0 atom stereocenters. The first kappa shape index (κ1) is 10.1. The van der Waals surface area contributed by atoms with Gasteiger partial charge in [-0.2, -0.15) is 5.10 Å². The van der Waals surface area contributed by atoms with E-state index in [0.29, 0.717) is 13.0 Å². The van der Waals surface area contributed by atoms with Gasteiger partial charge in [0.25, 0.3) is 0 Å². The lowest BCUT2D eigenvalue weighted by atomic mass is 10.2. The first-order valence-electron chi connectivity index (χ1n) is 4.84. The highest BCUT2D eigenvalue weighted by Crippen LogP contribution is 2.13. The Morgan fingerprint density at radius 1 is 1.44 bits per heavy atom. The van der Waals surface area contributed by atoms with Gasteiger partial charge in [0.2, 0.25) is 0 Å². The van der Waals surface area contributed by atoms with Crippen LogP contribution in [0.1, 0.15) is 12.1 Å². The number of fused-ring (bicyclic) bond motifs is 1. The molecule has 0 unspecified atom stereocenters. The highest BCUT2D eigenvalue weighted by atomic mass is 15.1. The standard InChI is InChI=1S/C11H9N5/c12-16-13-8-4-3-7-11-9-5-1-2-6-10(9)14-15-11/h1-2,5-6H,4,8H2,(H,14,15). The summed E-state index contributed by atoms with van der Waals surface area (Å²) in [4.78, 5) is 2.66. The van der Waals surface area contributed by atoms with Crippen molar-refractivity contribution in [2.24, 2.45) is 5.11 Å². The number of para-hydroxylation sites is 1. The van der Waals surface area contributed by atoms with Gasteiger partial charge in [-0.15, -0.1) is 0 Å². The van der Waals surface area contributed by atoms with Gasteiger partial charge in [-0.25, -0.2) is 0 Å². The Bertz CT molecular complexity index is 595.